The van der Waals surface area contributed by atoms with E-state index in [2.05, 4.69) is 19.7 Å². The topological polar surface area (TPSA) is 80.3 Å². The molecule has 1 saturated heterocycles. The van der Waals surface area contributed by atoms with Crippen LogP contribution in [0, 0.1) is 6.92 Å². The van der Waals surface area contributed by atoms with Crippen LogP contribution in [-0.4, -0.2) is 33.0 Å². The second-order valence-electron chi connectivity index (χ2n) is 8.25. The van der Waals surface area contributed by atoms with E-state index >= 15 is 0 Å². The van der Waals surface area contributed by atoms with Crippen LogP contribution in [0.4, 0.5) is 23.8 Å². The van der Waals surface area contributed by atoms with Crippen molar-refractivity contribution in [2.75, 3.05) is 4.90 Å². The van der Waals surface area contributed by atoms with Crippen LogP contribution in [0.2, 0.25) is 0 Å². The first-order chi connectivity index (χ1) is 15.2. The van der Waals surface area contributed by atoms with E-state index in [0.29, 0.717) is 35.5 Å². The number of halogens is 3. The molecule has 2 aliphatic rings. The van der Waals surface area contributed by atoms with Crippen LogP contribution < -0.4 is 9.64 Å². The minimum Gasteiger partial charge on any atom is -0.440 e. The molecule has 2 aromatic heterocycles. The third-order valence-electron chi connectivity index (χ3n) is 6.03. The van der Waals surface area contributed by atoms with Crippen LogP contribution in [0.3, 0.4) is 0 Å². The zero-order chi connectivity index (χ0) is 22.5. The van der Waals surface area contributed by atoms with Crippen molar-refractivity contribution >= 4 is 22.9 Å². The van der Waals surface area contributed by atoms with Crippen molar-refractivity contribution in [2.24, 2.45) is 0 Å². The van der Waals surface area contributed by atoms with Crippen LogP contribution in [0.1, 0.15) is 49.7 Å². The summed E-state index contributed by atoms with van der Waals surface area (Å²) in [7, 11) is 0. The summed E-state index contributed by atoms with van der Waals surface area (Å²) < 4.78 is 47.9. The number of H-pyrrole nitrogens is 1. The highest BCUT2D eigenvalue weighted by Crippen LogP contribution is 2.50. The molecular weight excluding hydrogens is 425 g/mol. The van der Waals surface area contributed by atoms with Crippen molar-refractivity contribution in [3.63, 3.8) is 0 Å². The molecule has 0 bridgehead atoms. The summed E-state index contributed by atoms with van der Waals surface area (Å²) >= 11 is 0. The summed E-state index contributed by atoms with van der Waals surface area (Å²) in [6, 6.07) is 8.73. The first kappa shape index (κ1) is 20.6. The van der Waals surface area contributed by atoms with Crippen LogP contribution >= 0.6 is 0 Å². The number of hydrogen-bond acceptors (Lipinski definition) is 5. The molecule has 1 saturated carbocycles. The Hall–Kier alpha value is -3.30. The third kappa shape index (κ3) is 3.63. The lowest BCUT2D eigenvalue weighted by molar-refractivity contribution is -0.274. The normalized spacial score (nSPS) is 20.7. The molecule has 32 heavy (non-hydrogen) atoms. The number of amides is 1. The summed E-state index contributed by atoms with van der Waals surface area (Å²) in [5.41, 5.74) is 0.818. The Bertz CT molecular complexity index is 1170. The number of carbonyl (C=O) groups is 1. The Morgan fingerprint density at radius 3 is 2.66 bits per heavy atom. The Morgan fingerprint density at radius 1 is 1.16 bits per heavy atom. The molecule has 168 valence electrons. The number of benzene rings is 1. The monoisotopic (exact) mass is 446 g/mol. The molecule has 3 aromatic rings. The first-order valence-corrected chi connectivity index (χ1v) is 10.5. The van der Waals surface area contributed by atoms with Gasteiger partial charge in [-0.15, -0.1) is 13.2 Å². The number of nitrogens with zero attached hydrogens (tertiary/aromatic N) is 3. The standard InChI is InChI=1S/C22H21F3N4O3/c1-13-6-5-7-17(26-13)29-18(21(32-20(29)30)10-3-2-4-11-21)19-27-15-9-8-14(12-16(15)28-19)31-22(23,24)25/h5-9,12,18H,2-4,10-11H2,1H3,(H,27,28)/t18-/m1/s1. The molecule has 0 unspecified atom stereocenters. The fourth-order valence-electron chi connectivity index (χ4n) is 4.74. The van der Waals surface area contributed by atoms with E-state index in [9.17, 15) is 18.0 Å². The molecule has 2 fully saturated rings. The quantitative estimate of drug-likeness (QED) is 0.569. The number of ether oxygens (including phenoxy) is 2. The molecule has 7 nitrogen and oxygen atoms in total. The molecule has 5 rings (SSSR count). The number of fused-ring (bicyclic) bond motifs is 1. The summed E-state index contributed by atoms with van der Waals surface area (Å²) in [5.74, 6) is 0.538. The Balaban J connectivity index is 1.61. The number of pyridine rings is 1. The lowest BCUT2D eigenvalue weighted by Crippen LogP contribution is -2.41. The lowest BCUT2D eigenvalue weighted by atomic mass is 9.79. The molecule has 1 aliphatic heterocycles. The minimum atomic E-state index is -4.79. The van der Waals surface area contributed by atoms with Gasteiger partial charge >= 0.3 is 12.5 Å². The largest absolute Gasteiger partial charge is 0.573 e. The van der Waals surface area contributed by atoms with Gasteiger partial charge in [0.15, 0.2) is 0 Å². The van der Waals surface area contributed by atoms with E-state index in [1.54, 1.807) is 6.07 Å². The van der Waals surface area contributed by atoms with Crippen LogP contribution in [-0.2, 0) is 4.74 Å². The number of hydrogen-bond donors (Lipinski definition) is 1. The second-order valence-corrected chi connectivity index (χ2v) is 8.25. The summed E-state index contributed by atoms with van der Waals surface area (Å²) in [6.07, 6.45) is -1.09. The third-order valence-corrected chi connectivity index (χ3v) is 6.03. The fourth-order valence-corrected chi connectivity index (χ4v) is 4.74. The Labute approximate surface area is 181 Å². The van der Waals surface area contributed by atoms with Gasteiger partial charge in [0.25, 0.3) is 0 Å². The van der Waals surface area contributed by atoms with Gasteiger partial charge in [0.05, 0.1) is 11.0 Å². The van der Waals surface area contributed by atoms with Crippen LogP contribution in [0.25, 0.3) is 11.0 Å². The van der Waals surface area contributed by atoms with Crippen LogP contribution in [0.15, 0.2) is 36.4 Å². The molecule has 1 spiro atoms. The number of aryl methyl sites for hydroxylation is 1. The van der Waals surface area contributed by atoms with Gasteiger partial charge in [-0.3, -0.25) is 0 Å². The number of carbonyl (C=O) groups excluding carboxylic acids is 1. The molecule has 1 aliphatic carbocycles. The van der Waals surface area contributed by atoms with Gasteiger partial charge in [-0.05, 0) is 56.9 Å². The zero-order valence-electron chi connectivity index (χ0n) is 17.3. The SMILES string of the molecule is Cc1cccc(N2C(=O)OC3(CCCCC3)[C@H]2c2nc3cc(OC(F)(F)F)ccc3[nH]2)n1. The number of alkyl halides is 3. The van der Waals surface area contributed by atoms with Gasteiger partial charge in [0, 0.05) is 11.8 Å². The number of aromatic nitrogens is 3. The van der Waals surface area contributed by atoms with Crippen molar-refractivity contribution in [1.82, 2.24) is 15.0 Å². The number of anilines is 1. The van der Waals surface area contributed by atoms with Crippen LogP contribution in [0.5, 0.6) is 5.75 Å². The molecule has 1 N–H and O–H groups in total. The summed E-state index contributed by atoms with van der Waals surface area (Å²) in [6.45, 7) is 1.83. The molecule has 3 heterocycles. The van der Waals surface area contributed by atoms with E-state index < -0.39 is 24.1 Å². The average Bonchev–Trinajstić information content (AvgIpc) is 3.25. The molecule has 1 amide bonds. The Morgan fingerprint density at radius 2 is 1.94 bits per heavy atom. The van der Waals surface area contributed by atoms with Gasteiger partial charge < -0.3 is 14.5 Å². The van der Waals surface area contributed by atoms with Gasteiger partial charge in [-0.2, -0.15) is 0 Å². The van der Waals surface area contributed by atoms with E-state index in [0.717, 1.165) is 25.0 Å². The zero-order valence-corrected chi connectivity index (χ0v) is 17.3. The van der Waals surface area contributed by atoms with Gasteiger partial charge in [-0.25, -0.2) is 19.7 Å². The second kappa shape index (κ2) is 7.39. The predicted molar refractivity (Wildman–Crippen MR) is 109 cm³/mol. The number of nitrogens with one attached hydrogen (secondary N) is 1. The molecule has 10 heteroatoms. The van der Waals surface area contributed by atoms with E-state index in [-0.39, 0.29) is 5.75 Å². The van der Waals surface area contributed by atoms with E-state index in [4.69, 9.17) is 4.74 Å². The number of imidazole rings is 1. The molecular formula is C22H21F3N4O3. The minimum absolute atomic E-state index is 0.309. The van der Waals surface area contributed by atoms with Crippen molar-refractivity contribution in [1.29, 1.82) is 0 Å². The van der Waals surface area contributed by atoms with Crippen molar-refractivity contribution in [3.05, 3.63) is 47.9 Å². The van der Waals surface area contributed by atoms with Crippen molar-refractivity contribution < 1.29 is 27.4 Å². The van der Waals surface area contributed by atoms with E-state index in [1.165, 1.54) is 23.1 Å². The number of rotatable bonds is 3. The van der Waals surface area contributed by atoms with Gasteiger partial charge in [-0.1, -0.05) is 12.5 Å². The summed E-state index contributed by atoms with van der Waals surface area (Å²) in [5, 5.41) is 0. The van der Waals surface area contributed by atoms with Gasteiger partial charge in [0.1, 0.15) is 29.0 Å². The molecule has 1 aromatic carbocycles. The average molecular weight is 446 g/mol. The smallest absolute Gasteiger partial charge is 0.440 e. The first-order valence-electron chi connectivity index (χ1n) is 10.5. The maximum absolute atomic E-state index is 13.0. The highest BCUT2D eigenvalue weighted by molar-refractivity contribution is 5.91. The number of aromatic amines is 1. The summed E-state index contributed by atoms with van der Waals surface area (Å²) in [4.78, 5) is 26.8. The molecule has 1 atom stereocenters. The lowest BCUT2D eigenvalue weighted by Gasteiger charge is -2.36. The van der Waals surface area contributed by atoms with Crippen molar-refractivity contribution in [3.8, 4) is 5.75 Å². The van der Waals surface area contributed by atoms with Gasteiger partial charge in [0.2, 0.25) is 0 Å². The van der Waals surface area contributed by atoms with E-state index in [1.807, 2.05) is 19.1 Å². The predicted octanol–water partition coefficient (Wildman–Crippen LogP) is 5.57. The fraction of sp³-hybridized carbons (Fsp3) is 0.409. The maximum Gasteiger partial charge on any atom is 0.573 e. The Kier molecular flexibility index (Phi) is 4.75. The maximum atomic E-state index is 13.0. The highest BCUT2D eigenvalue weighted by Gasteiger charge is 2.57. The molecule has 0 radical (unpaired) electrons. The van der Waals surface area contributed by atoms with Crippen molar-refractivity contribution in [2.45, 2.75) is 57.0 Å². The highest BCUT2D eigenvalue weighted by atomic mass is 19.4.